The summed E-state index contributed by atoms with van der Waals surface area (Å²) in [6.45, 7) is 0.358. The van der Waals surface area contributed by atoms with Crippen LogP contribution in [-0.2, 0) is 10.4 Å². The zero-order valence-electron chi connectivity index (χ0n) is 17.1. The van der Waals surface area contributed by atoms with Crippen LogP contribution in [0.5, 0.6) is 0 Å². The summed E-state index contributed by atoms with van der Waals surface area (Å²) in [5.41, 5.74) is 0.968. The fraction of sp³-hybridized carbons (Fsp3) is 0.320. The predicted molar refractivity (Wildman–Crippen MR) is 120 cm³/mol. The molecule has 2 aromatic carbocycles. The second-order valence-electron chi connectivity index (χ2n) is 8.74. The summed E-state index contributed by atoms with van der Waals surface area (Å²) < 4.78 is 5.54. The van der Waals surface area contributed by atoms with Crippen molar-refractivity contribution in [2.24, 2.45) is 0 Å². The molecule has 1 N–H and O–H groups in total. The number of anilines is 2. The molecule has 158 valence electrons. The van der Waals surface area contributed by atoms with Gasteiger partial charge in [-0.2, -0.15) is 0 Å². The largest absolute Gasteiger partial charge is 0.466 e. The molecular formula is C25H24N2O3S. The van der Waals surface area contributed by atoms with Crippen molar-refractivity contribution in [2.75, 3.05) is 11.4 Å². The van der Waals surface area contributed by atoms with Crippen molar-refractivity contribution in [3.63, 3.8) is 0 Å². The molecule has 4 heterocycles. The van der Waals surface area contributed by atoms with Crippen LogP contribution in [0.3, 0.4) is 0 Å². The number of carbonyl (C=O) groups is 1. The van der Waals surface area contributed by atoms with Gasteiger partial charge in [0.2, 0.25) is 5.91 Å². The molecule has 6 heteroatoms. The summed E-state index contributed by atoms with van der Waals surface area (Å²) >= 11 is 1.71. The highest BCUT2D eigenvalue weighted by atomic mass is 32.2. The van der Waals surface area contributed by atoms with Crippen molar-refractivity contribution in [3.8, 4) is 0 Å². The number of carbonyl (C=O) groups excluding carboxylic acids is 1. The zero-order valence-corrected chi connectivity index (χ0v) is 17.9. The molecule has 1 aromatic heterocycles. The fourth-order valence-corrected chi connectivity index (χ4v) is 6.58. The highest BCUT2D eigenvalue weighted by Crippen LogP contribution is 2.49. The van der Waals surface area contributed by atoms with Gasteiger partial charge in [-0.3, -0.25) is 14.6 Å². The average molecular weight is 433 g/mol. The van der Waals surface area contributed by atoms with Crippen molar-refractivity contribution < 1.29 is 14.3 Å². The zero-order chi connectivity index (χ0) is 21.0. The van der Waals surface area contributed by atoms with Crippen LogP contribution in [0.15, 0.2) is 81.1 Å². The first-order valence-corrected chi connectivity index (χ1v) is 11.6. The maximum atomic E-state index is 13.7. The molecule has 2 bridgehead atoms. The third-order valence-corrected chi connectivity index (χ3v) is 8.03. The third-order valence-electron chi connectivity index (χ3n) is 6.90. The molecule has 0 saturated carbocycles. The molecule has 6 rings (SSSR count). The van der Waals surface area contributed by atoms with Gasteiger partial charge in [-0.05, 0) is 62.1 Å². The minimum absolute atomic E-state index is 0.0838. The smallest absolute Gasteiger partial charge is 0.245 e. The molecule has 3 aromatic rings. The van der Waals surface area contributed by atoms with E-state index < -0.39 is 5.60 Å². The van der Waals surface area contributed by atoms with E-state index in [1.165, 1.54) is 0 Å². The topological polar surface area (TPSA) is 56.9 Å². The number of amides is 1. The van der Waals surface area contributed by atoms with Crippen molar-refractivity contribution in [3.05, 3.63) is 72.7 Å². The van der Waals surface area contributed by atoms with Crippen molar-refractivity contribution >= 4 is 29.0 Å². The van der Waals surface area contributed by atoms with E-state index in [0.717, 1.165) is 34.0 Å². The van der Waals surface area contributed by atoms with Crippen molar-refractivity contribution in [2.45, 2.75) is 53.2 Å². The monoisotopic (exact) mass is 432 g/mol. The van der Waals surface area contributed by atoms with Gasteiger partial charge in [0.15, 0.2) is 0 Å². The van der Waals surface area contributed by atoms with Gasteiger partial charge in [-0.25, -0.2) is 0 Å². The number of hydrogen-bond acceptors (Lipinski definition) is 5. The number of nitrogens with zero attached hydrogens (tertiary/aromatic N) is 2. The lowest BCUT2D eigenvalue weighted by molar-refractivity contribution is -0.123. The van der Waals surface area contributed by atoms with Crippen LogP contribution >= 0.6 is 11.8 Å². The average Bonchev–Trinajstić information content (AvgIpc) is 3.40. The maximum absolute atomic E-state index is 13.7. The molecule has 0 aliphatic carbocycles. The quantitative estimate of drug-likeness (QED) is 0.636. The highest BCUT2D eigenvalue weighted by molar-refractivity contribution is 7.99. The first-order chi connectivity index (χ1) is 15.1. The molecule has 31 heavy (non-hydrogen) atoms. The molecule has 0 unspecified atom stereocenters. The molecule has 2 saturated heterocycles. The number of benzene rings is 2. The Morgan fingerprint density at radius 3 is 2.16 bits per heavy atom. The van der Waals surface area contributed by atoms with E-state index in [1.807, 2.05) is 53.4 Å². The number of aliphatic hydroxyl groups is 1. The van der Waals surface area contributed by atoms with Gasteiger partial charge in [0, 0.05) is 21.9 Å². The fourth-order valence-electron chi connectivity index (χ4n) is 5.52. The van der Waals surface area contributed by atoms with E-state index in [4.69, 9.17) is 4.42 Å². The van der Waals surface area contributed by atoms with Crippen LogP contribution in [0.4, 0.5) is 11.4 Å². The number of furan rings is 1. The molecule has 3 aliphatic heterocycles. The van der Waals surface area contributed by atoms with Gasteiger partial charge >= 0.3 is 0 Å². The molecule has 2 atom stereocenters. The lowest BCUT2D eigenvalue weighted by Gasteiger charge is -2.43. The van der Waals surface area contributed by atoms with E-state index in [9.17, 15) is 9.90 Å². The van der Waals surface area contributed by atoms with Gasteiger partial charge in [0.1, 0.15) is 11.4 Å². The summed E-state index contributed by atoms with van der Waals surface area (Å²) in [5.74, 6) is 0.729. The van der Waals surface area contributed by atoms with Crippen LogP contribution in [0.25, 0.3) is 0 Å². The van der Waals surface area contributed by atoms with Crippen LogP contribution < -0.4 is 4.90 Å². The van der Waals surface area contributed by atoms with Crippen LogP contribution in [0.2, 0.25) is 0 Å². The Bertz CT molecular complexity index is 1070. The van der Waals surface area contributed by atoms with Gasteiger partial charge < -0.3 is 9.52 Å². The molecule has 2 fully saturated rings. The number of para-hydroxylation sites is 2. The Hall–Kier alpha value is -2.54. The predicted octanol–water partition coefficient (Wildman–Crippen LogP) is 4.92. The Labute approximate surface area is 185 Å². The summed E-state index contributed by atoms with van der Waals surface area (Å²) in [5, 5.41) is 11.3. The van der Waals surface area contributed by atoms with Crippen LogP contribution in [0.1, 0.15) is 31.4 Å². The summed E-state index contributed by atoms with van der Waals surface area (Å²) in [6.07, 6.45) is 4.84. The van der Waals surface area contributed by atoms with Crippen LogP contribution in [0, 0.1) is 0 Å². The molecule has 5 nitrogen and oxygen atoms in total. The van der Waals surface area contributed by atoms with Crippen molar-refractivity contribution in [1.29, 1.82) is 0 Å². The number of fused-ring (bicyclic) bond motifs is 4. The standard InChI is InChI=1S/C25H24N2O3S/c28-24(27-19-6-1-3-8-21(19)31-22-9-4-2-7-20(22)27)16-26-17-11-12-18(26)15-25(29,14-17)23-10-5-13-30-23/h1-10,13,17-18,29H,11-12,14-16H2/t17-,18-/m1/s1. The minimum atomic E-state index is -0.935. The Kier molecular flexibility index (Phi) is 4.49. The van der Waals surface area contributed by atoms with Gasteiger partial charge in [-0.1, -0.05) is 36.0 Å². The van der Waals surface area contributed by atoms with Crippen LogP contribution in [-0.4, -0.2) is 34.5 Å². The number of piperidine rings is 1. The summed E-state index contributed by atoms with van der Waals surface area (Å²) in [4.78, 5) is 20.1. The molecule has 3 aliphatic rings. The number of hydrogen-bond donors (Lipinski definition) is 1. The van der Waals surface area contributed by atoms with E-state index in [2.05, 4.69) is 17.0 Å². The van der Waals surface area contributed by atoms with E-state index >= 15 is 0 Å². The highest BCUT2D eigenvalue weighted by Gasteiger charge is 2.50. The van der Waals surface area contributed by atoms with Crippen molar-refractivity contribution in [1.82, 2.24) is 4.90 Å². The Morgan fingerprint density at radius 1 is 0.968 bits per heavy atom. The SMILES string of the molecule is O=C(CN1[C@@H]2CC[C@@H]1CC(O)(c1ccco1)C2)N1c2ccccc2Sc2ccccc21. The maximum Gasteiger partial charge on any atom is 0.245 e. The molecule has 1 amide bonds. The third kappa shape index (κ3) is 3.13. The van der Waals surface area contributed by atoms with E-state index in [-0.39, 0.29) is 18.0 Å². The number of rotatable bonds is 3. The lowest BCUT2D eigenvalue weighted by Crippen LogP contribution is -2.52. The Morgan fingerprint density at radius 2 is 1.58 bits per heavy atom. The first-order valence-electron chi connectivity index (χ1n) is 10.8. The van der Waals surface area contributed by atoms with E-state index in [1.54, 1.807) is 18.0 Å². The molecule has 0 spiro atoms. The molecular weight excluding hydrogens is 408 g/mol. The summed E-state index contributed by atoms with van der Waals surface area (Å²) in [7, 11) is 0. The second kappa shape index (κ2) is 7.26. The Balaban J connectivity index is 1.28. The minimum Gasteiger partial charge on any atom is -0.466 e. The molecule has 0 radical (unpaired) electrons. The second-order valence-corrected chi connectivity index (χ2v) is 9.82. The first kappa shape index (κ1) is 19.2. The lowest BCUT2D eigenvalue weighted by atomic mass is 9.84. The normalized spacial score (nSPS) is 27.1. The van der Waals surface area contributed by atoms with Gasteiger partial charge in [0.25, 0.3) is 0 Å². The van der Waals surface area contributed by atoms with E-state index in [0.29, 0.717) is 25.1 Å². The summed E-state index contributed by atoms with van der Waals surface area (Å²) in [6, 6.07) is 20.3. The van der Waals surface area contributed by atoms with Gasteiger partial charge in [-0.15, -0.1) is 0 Å². The van der Waals surface area contributed by atoms with Gasteiger partial charge in [0.05, 0.1) is 24.2 Å².